The minimum atomic E-state index is 0.109. The van der Waals surface area contributed by atoms with Gasteiger partial charge in [-0.25, -0.2) is 4.68 Å². The molecule has 1 aromatic heterocycles. The third kappa shape index (κ3) is 2.07. The average Bonchev–Trinajstić information content (AvgIpc) is 2.68. The smallest absolute Gasteiger partial charge is 0.157 e. The van der Waals surface area contributed by atoms with Crippen molar-refractivity contribution in [1.82, 2.24) is 9.78 Å². The zero-order valence-electron chi connectivity index (χ0n) is 8.48. The molecule has 1 atom stereocenters. The van der Waals surface area contributed by atoms with Crippen LogP contribution in [0.5, 0.6) is 5.75 Å². The lowest BCUT2D eigenvalue weighted by Crippen LogP contribution is -2.18. The number of aromatic nitrogens is 2. The molecule has 2 heterocycles. The van der Waals surface area contributed by atoms with E-state index in [0.29, 0.717) is 6.61 Å². The number of ether oxygens (including phenoxy) is 2. The van der Waals surface area contributed by atoms with Crippen molar-refractivity contribution >= 4 is 0 Å². The summed E-state index contributed by atoms with van der Waals surface area (Å²) in [6, 6.07) is 0. The van der Waals surface area contributed by atoms with Crippen LogP contribution in [-0.2, 0) is 4.74 Å². The van der Waals surface area contributed by atoms with Crippen molar-refractivity contribution in [3.63, 3.8) is 0 Å². The van der Waals surface area contributed by atoms with Crippen molar-refractivity contribution in [1.29, 1.82) is 0 Å². The molecule has 4 heteroatoms. The number of nitrogens with zero attached hydrogens (tertiary/aromatic N) is 2. The fourth-order valence-corrected chi connectivity index (χ4v) is 1.65. The average molecular weight is 196 g/mol. The van der Waals surface area contributed by atoms with Gasteiger partial charge in [0.15, 0.2) is 5.75 Å². The van der Waals surface area contributed by atoms with Crippen molar-refractivity contribution in [2.24, 2.45) is 0 Å². The number of rotatable bonds is 3. The maximum atomic E-state index is 5.60. The topological polar surface area (TPSA) is 36.3 Å². The fourth-order valence-electron chi connectivity index (χ4n) is 1.65. The second kappa shape index (κ2) is 4.46. The van der Waals surface area contributed by atoms with E-state index in [4.69, 9.17) is 9.47 Å². The van der Waals surface area contributed by atoms with Crippen LogP contribution in [0.25, 0.3) is 0 Å². The normalized spacial score (nSPS) is 22.2. The summed E-state index contributed by atoms with van der Waals surface area (Å²) < 4.78 is 12.8. The van der Waals surface area contributed by atoms with Crippen LogP contribution in [0.2, 0.25) is 0 Å². The summed E-state index contributed by atoms with van der Waals surface area (Å²) in [5, 5.41) is 4.23. The Balaban J connectivity index is 2.00. The highest BCUT2D eigenvalue weighted by molar-refractivity contribution is 5.11. The Morgan fingerprint density at radius 2 is 2.57 bits per heavy atom. The molecule has 0 bridgehead atoms. The van der Waals surface area contributed by atoms with E-state index in [0.717, 1.165) is 25.2 Å². The van der Waals surface area contributed by atoms with Gasteiger partial charge in [0.1, 0.15) is 6.23 Å². The molecular formula is C10H16N2O2. The molecule has 1 saturated heterocycles. The predicted molar refractivity (Wildman–Crippen MR) is 52.2 cm³/mol. The van der Waals surface area contributed by atoms with Crippen LogP contribution >= 0.6 is 0 Å². The highest BCUT2D eigenvalue weighted by Gasteiger charge is 2.16. The van der Waals surface area contributed by atoms with Crippen LogP contribution in [0, 0.1) is 0 Å². The number of hydrogen-bond donors (Lipinski definition) is 0. The van der Waals surface area contributed by atoms with Gasteiger partial charge in [0.25, 0.3) is 0 Å². The largest absolute Gasteiger partial charge is 0.491 e. The molecule has 0 saturated carbocycles. The summed E-state index contributed by atoms with van der Waals surface area (Å²) in [6.45, 7) is 3.49. The Labute approximate surface area is 83.8 Å². The minimum Gasteiger partial charge on any atom is -0.491 e. The van der Waals surface area contributed by atoms with E-state index < -0.39 is 0 Å². The Morgan fingerprint density at radius 1 is 1.64 bits per heavy atom. The summed E-state index contributed by atoms with van der Waals surface area (Å²) in [7, 11) is 0. The standard InChI is InChI=1S/C10H16N2O2/c1-2-13-9-7-11-12(8-9)10-5-3-4-6-14-10/h7-8,10H,2-6H2,1H3. The van der Waals surface area contributed by atoms with E-state index >= 15 is 0 Å². The lowest BCUT2D eigenvalue weighted by molar-refractivity contribution is -0.0396. The van der Waals surface area contributed by atoms with Crippen molar-refractivity contribution in [2.45, 2.75) is 32.4 Å². The maximum Gasteiger partial charge on any atom is 0.157 e. The van der Waals surface area contributed by atoms with Gasteiger partial charge in [-0.05, 0) is 26.2 Å². The molecule has 14 heavy (non-hydrogen) atoms. The van der Waals surface area contributed by atoms with Gasteiger partial charge in [-0.15, -0.1) is 0 Å². The third-order valence-corrected chi connectivity index (χ3v) is 2.34. The van der Waals surface area contributed by atoms with Gasteiger partial charge in [-0.2, -0.15) is 5.10 Å². The highest BCUT2D eigenvalue weighted by atomic mass is 16.5. The van der Waals surface area contributed by atoms with Crippen molar-refractivity contribution < 1.29 is 9.47 Å². The number of hydrogen-bond acceptors (Lipinski definition) is 3. The van der Waals surface area contributed by atoms with Crippen LogP contribution in [0.15, 0.2) is 12.4 Å². The molecule has 4 nitrogen and oxygen atoms in total. The summed E-state index contributed by atoms with van der Waals surface area (Å²) in [4.78, 5) is 0. The zero-order chi connectivity index (χ0) is 9.80. The molecule has 78 valence electrons. The lowest BCUT2D eigenvalue weighted by atomic mass is 10.2. The van der Waals surface area contributed by atoms with Gasteiger partial charge in [0.05, 0.1) is 19.0 Å². The second-order valence-corrected chi connectivity index (χ2v) is 3.41. The Morgan fingerprint density at radius 3 is 3.29 bits per heavy atom. The summed E-state index contributed by atoms with van der Waals surface area (Å²) in [6.07, 6.45) is 7.18. The molecule has 0 spiro atoms. The third-order valence-electron chi connectivity index (χ3n) is 2.34. The lowest BCUT2D eigenvalue weighted by Gasteiger charge is -2.22. The van der Waals surface area contributed by atoms with Crippen LogP contribution in [0.3, 0.4) is 0 Å². The van der Waals surface area contributed by atoms with Gasteiger partial charge in [-0.3, -0.25) is 0 Å². The van der Waals surface area contributed by atoms with E-state index in [1.807, 2.05) is 17.8 Å². The van der Waals surface area contributed by atoms with Gasteiger partial charge in [0, 0.05) is 6.61 Å². The van der Waals surface area contributed by atoms with Gasteiger partial charge < -0.3 is 9.47 Å². The molecule has 1 fully saturated rings. The molecule has 0 N–H and O–H groups in total. The molecule has 2 rings (SSSR count). The molecule has 1 aliphatic heterocycles. The predicted octanol–water partition coefficient (Wildman–Crippen LogP) is 1.98. The van der Waals surface area contributed by atoms with E-state index in [9.17, 15) is 0 Å². The van der Waals surface area contributed by atoms with Crippen LogP contribution in [-0.4, -0.2) is 23.0 Å². The minimum absolute atomic E-state index is 0.109. The first kappa shape index (κ1) is 9.52. The second-order valence-electron chi connectivity index (χ2n) is 3.41. The van der Waals surface area contributed by atoms with Crippen molar-refractivity contribution in [3.8, 4) is 5.75 Å². The molecule has 0 aromatic carbocycles. The molecule has 1 unspecified atom stereocenters. The molecular weight excluding hydrogens is 180 g/mol. The Kier molecular flexibility index (Phi) is 3.03. The van der Waals surface area contributed by atoms with Gasteiger partial charge in [-0.1, -0.05) is 0 Å². The van der Waals surface area contributed by atoms with Crippen molar-refractivity contribution in [2.75, 3.05) is 13.2 Å². The van der Waals surface area contributed by atoms with Crippen LogP contribution in [0.4, 0.5) is 0 Å². The van der Waals surface area contributed by atoms with Gasteiger partial charge in [0.2, 0.25) is 0 Å². The van der Waals surface area contributed by atoms with Crippen molar-refractivity contribution in [3.05, 3.63) is 12.4 Å². The summed E-state index contributed by atoms with van der Waals surface area (Å²) in [5.41, 5.74) is 0. The first-order valence-corrected chi connectivity index (χ1v) is 5.18. The maximum absolute atomic E-state index is 5.60. The monoisotopic (exact) mass is 196 g/mol. The molecule has 1 aliphatic rings. The van der Waals surface area contributed by atoms with Crippen LogP contribution < -0.4 is 4.74 Å². The van der Waals surface area contributed by atoms with Crippen LogP contribution in [0.1, 0.15) is 32.4 Å². The molecule has 0 aliphatic carbocycles. The first-order valence-electron chi connectivity index (χ1n) is 5.18. The van der Waals surface area contributed by atoms with E-state index in [1.165, 1.54) is 6.42 Å². The Hall–Kier alpha value is -1.03. The fraction of sp³-hybridized carbons (Fsp3) is 0.700. The zero-order valence-corrected chi connectivity index (χ0v) is 8.48. The molecule has 0 amide bonds. The van der Waals surface area contributed by atoms with E-state index in [1.54, 1.807) is 6.20 Å². The van der Waals surface area contributed by atoms with E-state index in [-0.39, 0.29) is 6.23 Å². The first-order chi connectivity index (χ1) is 6.90. The quantitative estimate of drug-likeness (QED) is 0.741. The summed E-state index contributed by atoms with van der Waals surface area (Å²) >= 11 is 0. The van der Waals surface area contributed by atoms with E-state index in [2.05, 4.69) is 5.10 Å². The molecule has 1 aromatic rings. The van der Waals surface area contributed by atoms with Gasteiger partial charge >= 0.3 is 0 Å². The summed E-state index contributed by atoms with van der Waals surface area (Å²) in [5.74, 6) is 0.821. The highest BCUT2D eigenvalue weighted by Crippen LogP contribution is 2.23. The SMILES string of the molecule is CCOc1cnn(C2CCCCO2)c1. The Bertz CT molecular complexity index is 279. The molecule has 0 radical (unpaired) electrons.